The van der Waals surface area contributed by atoms with E-state index >= 15 is 0 Å². The van der Waals surface area contributed by atoms with Gasteiger partial charge in [0.1, 0.15) is 0 Å². The van der Waals surface area contributed by atoms with Gasteiger partial charge in [-0.1, -0.05) is 35.7 Å². The van der Waals surface area contributed by atoms with E-state index in [2.05, 4.69) is 21.7 Å². The summed E-state index contributed by atoms with van der Waals surface area (Å²) in [5.74, 6) is 2.81. The summed E-state index contributed by atoms with van der Waals surface area (Å²) in [5.41, 5.74) is 4.49. The summed E-state index contributed by atoms with van der Waals surface area (Å²) in [6, 6.07) is 16.6. The van der Waals surface area contributed by atoms with Crippen molar-refractivity contribution in [2.45, 2.75) is 6.92 Å². The molecule has 2 rings (SSSR count). The number of halogens is 1. The Bertz CT molecular complexity index is 731. The van der Waals surface area contributed by atoms with E-state index in [9.17, 15) is 4.79 Å². The van der Waals surface area contributed by atoms with Crippen molar-refractivity contribution >= 4 is 39.9 Å². The zero-order valence-electron chi connectivity index (χ0n) is 11.8. The molecular weight excluding hydrogens is 316 g/mol. The molecule has 3 nitrogen and oxygen atoms in total. The van der Waals surface area contributed by atoms with Gasteiger partial charge >= 0.3 is 0 Å². The summed E-state index contributed by atoms with van der Waals surface area (Å²) in [5, 5.41) is 7.94. The minimum absolute atomic E-state index is 0.140. The number of Topliss-reactive ketones (excluding diaryl/α,β-unsaturated/α-hetero) is 1. The molecule has 5 heteroatoms. The number of hydrogen-bond acceptors (Lipinski definition) is 4. The Balaban J connectivity index is 2.03. The van der Waals surface area contributed by atoms with Gasteiger partial charge in [-0.25, -0.2) is 0 Å². The number of hydrogen-bond donors (Lipinski definition) is 1. The van der Waals surface area contributed by atoms with Gasteiger partial charge in [0, 0.05) is 17.5 Å². The minimum atomic E-state index is -0.140. The summed E-state index contributed by atoms with van der Waals surface area (Å²) in [6.45, 7) is 1.46. The first kappa shape index (κ1) is 16.2. The van der Waals surface area contributed by atoms with Gasteiger partial charge in [0.25, 0.3) is 0 Å². The highest BCUT2D eigenvalue weighted by Gasteiger charge is 2.05. The van der Waals surface area contributed by atoms with Crippen molar-refractivity contribution in [1.82, 2.24) is 0 Å². The van der Waals surface area contributed by atoms with Crippen molar-refractivity contribution in [3.63, 3.8) is 0 Å². The van der Waals surface area contributed by atoms with Crippen molar-refractivity contribution in [2.24, 2.45) is 5.10 Å². The predicted octanol–water partition coefficient (Wildman–Crippen LogP) is 4.40. The second-order valence-electron chi connectivity index (χ2n) is 4.29. The van der Waals surface area contributed by atoms with Gasteiger partial charge in [0.15, 0.2) is 10.8 Å². The maximum atomic E-state index is 11.6. The minimum Gasteiger partial charge on any atom is -0.292 e. The predicted molar refractivity (Wildman–Crippen MR) is 94.1 cm³/mol. The van der Waals surface area contributed by atoms with Crippen molar-refractivity contribution in [1.29, 1.82) is 0 Å². The van der Waals surface area contributed by atoms with Gasteiger partial charge in [0.05, 0.1) is 5.69 Å². The number of carbonyl (C=O) groups is 1. The second kappa shape index (κ2) is 8.28. The second-order valence-corrected chi connectivity index (χ2v) is 5.52. The third kappa shape index (κ3) is 5.28. The first-order chi connectivity index (χ1) is 10.6. The van der Waals surface area contributed by atoms with Crippen molar-refractivity contribution in [2.75, 3.05) is 5.43 Å². The molecule has 0 unspecified atom stereocenters. The summed E-state index contributed by atoms with van der Waals surface area (Å²) in [7, 11) is 0. The van der Waals surface area contributed by atoms with Crippen LogP contribution in [0.4, 0.5) is 5.69 Å². The molecule has 0 aliphatic rings. The summed E-state index contributed by atoms with van der Waals surface area (Å²) >= 11 is 6.90. The number of nitrogens with zero attached hydrogens (tertiary/aromatic N) is 1. The molecule has 2 aromatic rings. The van der Waals surface area contributed by atoms with E-state index in [-0.39, 0.29) is 5.78 Å². The lowest BCUT2D eigenvalue weighted by molar-refractivity contribution is -0.110. The van der Waals surface area contributed by atoms with E-state index in [0.717, 1.165) is 23.0 Å². The van der Waals surface area contributed by atoms with Gasteiger partial charge in [-0.3, -0.25) is 10.2 Å². The van der Waals surface area contributed by atoms with Crippen LogP contribution in [0.2, 0.25) is 5.02 Å². The van der Waals surface area contributed by atoms with Crippen molar-refractivity contribution < 1.29 is 4.79 Å². The van der Waals surface area contributed by atoms with Gasteiger partial charge < -0.3 is 0 Å². The Morgan fingerprint density at radius 3 is 2.45 bits per heavy atom. The smallest absolute Gasteiger partial charge is 0.187 e. The van der Waals surface area contributed by atoms with E-state index in [1.807, 2.05) is 42.5 Å². The largest absolute Gasteiger partial charge is 0.292 e. The Labute approximate surface area is 138 Å². The van der Waals surface area contributed by atoms with Gasteiger partial charge in [-0.2, -0.15) is 5.10 Å². The average Bonchev–Trinajstić information content (AvgIpc) is 2.53. The number of hydrazone groups is 1. The van der Waals surface area contributed by atoms with Gasteiger partial charge in [-0.05, 0) is 53.4 Å². The van der Waals surface area contributed by atoms with Gasteiger partial charge in [0.2, 0.25) is 0 Å². The van der Waals surface area contributed by atoms with Crippen LogP contribution in [0.3, 0.4) is 0 Å². The summed E-state index contributed by atoms with van der Waals surface area (Å²) in [6.07, 6.45) is 0. The quantitative estimate of drug-likeness (QED) is 0.393. The molecule has 0 spiro atoms. The van der Waals surface area contributed by atoms with Crippen LogP contribution >= 0.6 is 23.4 Å². The lowest BCUT2D eigenvalue weighted by atomic mass is 10.2. The van der Waals surface area contributed by atoms with Crippen LogP contribution in [-0.4, -0.2) is 10.8 Å². The lowest BCUT2D eigenvalue weighted by Crippen LogP contribution is -2.07. The van der Waals surface area contributed by atoms with Crippen LogP contribution in [0.1, 0.15) is 12.5 Å². The molecule has 0 saturated carbocycles. The first-order valence-corrected chi connectivity index (χ1v) is 7.68. The lowest BCUT2D eigenvalue weighted by Gasteiger charge is -2.01. The molecular formula is C17H13ClN2OS. The zero-order chi connectivity index (χ0) is 15.8. The molecule has 0 bridgehead atoms. The average molecular weight is 329 g/mol. The molecule has 0 amide bonds. The van der Waals surface area contributed by atoms with Crippen LogP contribution in [0, 0.1) is 11.2 Å². The molecule has 0 radical (unpaired) electrons. The number of nitrogens with one attached hydrogen (secondary N) is 1. The SMILES string of the molecule is CC(=O)/C(=N\Nc1ccccc1)SC#Cc1ccc(Cl)cc1. The molecule has 0 saturated heterocycles. The van der Waals surface area contributed by atoms with Gasteiger partial charge in [-0.15, -0.1) is 0 Å². The summed E-state index contributed by atoms with van der Waals surface area (Å²) < 4.78 is 0. The van der Waals surface area contributed by atoms with Crippen molar-refractivity contribution in [3.8, 4) is 11.2 Å². The highest BCUT2D eigenvalue weighted by atomic mass is 35.5. The van der Waals surface area contributed by atoms with Crippen LogP contribution in [-0.2, 0) is 4.79 Å². The van der Waals surface area contributed by atoms with E-state index in [0.29, 0.717) is 10.1 Å². The molecule has 2 aromatic carbocycles. The summed E-state index contributed by atoms with van der Waals surface area (Å²) in [4.78, 5) is 11.6. The van der Waals surface area contributed by atoms with Crippen LogP contribution < -0.4 is 5.43 Å². The van der Waals surface area contributed by atoms with Crippen LogP contribution in [0.5, 0.6) is 0 Å². The fourth-order valence-electron chi connectivity index (χ4n) is 1.47. The fraction of sp³-hybridized carbons (Fsp3) is 0.0588. The van der Waals surface area contributed by atoms with Crippen molar-refractivity contribution in [3.05, 3.63) is 65.2 Å². The molecule has 22 heavy (non-hydrogen) atoms. The molecule has 0 aliphatic carbocycles. The van der Waals surface area contributed by atoms with E-state index in [4.69, 9.17) is 11.6 Å². The Morgan fingerprint density at radius 1 is 1.14 bits per heavy atom. The molecule has 0 aromatic heterocycles. The van der Waals surface area contributed by atoms with E-state index in [1.165, 1.54) is 6.92 Å². The molecule has 0 heterocycles. The fourth-order valence-corrected chi connectivity index (χ4v) is 2.09. The maximum absolute atomic E-state index is 11.6. The number of anilines is 1. The highest BCUT2D eigenvalue weighted by molar-refractivity contribution is 8.19. The maximum Gasteiger partial charge on any atom is 0.187 e. The van der Waals surface area contributed by atoms with E-state index < -0.39 is 0 Å². The Kier molecular flexibility index (Phi) is 6.08. The van der Waals surface area contributed by atoms with Crippen LogP contribution in [0.15, 0.2) is 59.7 Å². The zero-order valence-corrected chi connectivity index (χ0v) is 13.4. The number of carbonyl (C=O) groups excluding carboxylic acids is 1. The number of ketones is 1. The number of benzene rings is 2. The highest BCUT2D eigenvalue weighted by Crippen LogP contribution is 2.11. The third-order valence-corrected chi connectivity index (χ3v) is 3.58. The van der Waals surface area contributed by atoms with E-state index in [1.54, 1.807) is 12.1 Å². The first-order valence-electron chi connectivity index (χ1n) is 6.48. The molecule has 1 N–H and O–H groups in total. The Morgan fingerprint density at radius 2 is 1.82 bits per heavy atom. The monoisotopic (exact) mass is 328 g/mol. The molecule has 0 atom stereocenters. The Hall–Kier alpha value is -2.22. The molecule has 110 valence electrons. The topological polar surface area (TPSA) is 41.5 Å². The number of rotatable bonds is 3. The number of thioether (sulfide) groups is 1. The molecule has 0 aliphatic heterocycles. The molecule has 0 fully saturated rings. The normalized spacial score (nSPS) is 10.5. The third-order valence-electron chi connectivity index (χ3n) is 2.55. The number of para-hydroxylation sites is 1. The van der Waals surface area contributed by atoms with Crippen LogP contribution in [0.25, 0.3) is 0 Å². The standard InChI is InChI=1S/C17H13ClN2OS/c1-13(21)17(20-19-16-5-3-2-4-6-16)22-12-11-14-7-9-15(18)10-8-14/h2-10,19H,1H3/b20-17+.